The molecule has 0 aromatic heterocycles. The van der Waals surface area contributed by atoms with Gasteiger partial charge >= 0.3 is 0 Å². The van der Waals surface area contributed by atoms with Crippen molar-refractivity contribution in [2.24, 2.45) is 0 Å². The van der Waals surface area contributed by atoms with E-state index in [4.69, 9.17) is 16.3 Å². The minimum absolute atomic E-state index is 0.260. The molecule has 0 saturated carbocycles. The van der Waals surface area contributed by atoms with Gasteiger partial charge in [-0.15, -0.1) is 0 Å². The Morgan fingerprint density at radius 3 is 2.57 bits per heavy atom. The molecule has 0 spiro atoms. The van der Waals surface area contributed by atoms with Gasteiger partial charge in [-0.05, 0) is 31.5 Å². The van der Waals surface area contributed by atoms with Crippen LogP contribution in [0.4, 0.5) is 0 Å². The summed E-state index contributed by atoms with van der Waals surface area (Å²) in [5.41, 5.74) is 0.760. The molecule has 76 valence electrons. The van der Waals surface area contributed by atoms with Gasteiger partial charge in [0.05, 0.1) is 6.10 Å². The third-order valence-electron chi connectivity index (χ3n) is 2.56. The molecule has 1 N–H and O–H groups in total. The van der Waals surface area contributed by atoms with Crippen LogP contribution in [0.3, 0.4) is 0 Å². The summed E-state index contributed by atoms with van der Waals surface area (Å²) >= 11 is 5.83. The lowest BCUT2D eigenvalue weighted by Crippen LogP contribution is -2.34. The second-order valence-electron chi connectivity index (χ2n) is 3.85. The Bertz CT molecular complexity index is 325. The van der Waals surface area contributed by atoms with Crippen LogP contribution in [0, 0.1) is 0 Å². The lowest BCUT2D eigenvalue weighted by Gasteiger charge is -2.24. The highest BCUT2D eigenvalue weighted by atomic mass is 35.5. The summed E-state index contributed by atoms with van der Waals surface area (Å²) in [5, 5.41) is 4.11. The number of benzene rings is 1. The van der Waals surface area contributed by atoms with Crippen LogP contribution in [-0.4, -0.2) is 12.6 Å². The lowest BCUT2D eigenvalue weighted by atomic mass is 10.1. The molecule has 0 bridgehead atoms. The molecule has 1 aliphatic heterocycles. The van der Waals surface area contributed by atoms with Gasteiger partial charge in [-0.2, -0.15) is 0 Å². The first-order chi connectivity index (χ1) is 6.60. The number of hydrogen-bond donors (Lipinski definition) is 1. The number of rotatable bonds is 1. The number of ether oxygens (including phenoxy) is 1. The minimum atomic E-state index is -0.357. The largest absolute Gasteiger partial charge is 0.352 e. The second kappa shape index (κ2) is 3.54. The van der Waals surface area contributed by atoms with E-state index in [1.165, 1.54) is 0 Å². The zero-order valence-electron chi connectivity index (χ0n) is 8.38. The Labute approximate surface area is 89.2 Å². The van der Waals surface area contributed by atoms with Crippen LogP contribution in [0.1, 0.15) is 19.4 Å². The maximum absolute atomic E-state index is 5.83. The standard InChI is InChI=1S/C11H14ClNO/c1-8-7-13-11(2,14-8)9-3-5-10(12)6-4-9/h3-6,8,13H,7H2,1-2H3. The summed E-state index contributed by atoms with van der Waals surface area (Å²) in [6.45, 7) is 4.99. The molecule has 1 aromatic rings. The monoisotopic (exact) mass is 211 g/mol. The second-order valence-corrected chi connectivity index (χ2v) is 4.29. The predicted molar refractivity (Wildman–Crippen MR) is 57.4 cm³/mol. The van der Waals surface area contributed by atoms with Crippen LogP contribution >= 0.6 is 11.6 Å². The van der Waals surface area contributed by atoms with Gasteiger partial charge in [0.1, 0.15) is 5.72 Å². The van der Waals surface area contributed by atoms with Crippen LogP contribution in [0.15, 0.2) is 24.3 Å². The molecule has 1 fully saturated rings. The van der Waals surface area contributed by atoms with Crippen molar-refractivity contribution in [3.8, 4) is 0 Å². The SMILES string of the molecule is CC1CNC(C)(c2ccc(Cl)cc2)O1. The molecule has 1 heterocycles. The fraction of sp³-hybridized carbons (Fsp3) is 0.455. The first-order valence-corrected chi connectivity index (χ1v) is 5.17. The number of nitrogens with one attached hydrogen (secondary N) is 1. The van der Waals surface area contributed by atoms with E-state index >= 15 is 0 Å². The van der Waals surface area contributed by atoms with E-state index in [9.17, 15) is 0 Å². The van der Waals surface area contributed by atoms with Crippen molar-refractivity contribution in [1.29, 1.82) is 0 Å². The first-order valence-electron chi connectivity index (χ1n) is 4.79. The quantitative estimate of drug-likeness (QED) is 0.771. The fourth-order valence-electron chi connectivity index (χ4n) is 1.76. The Balaban J connectivity index is 2.26. The summed E-state index contributed by atoms with van der Waals surface area (Å²) in [6, 6.07) is 7.76. The molecule has 14 heavy (non-hydrogen) atoms. The van der Waals surface area contributed by atoms with Crippen LogP contribution in [0.5, 0.6) is 0 Å². The van der Waals surface area contributed by atoms with Crippen molar-refractivity contribution >= 4 is 11.6 Å². The molecule has 1 aliphatic rings. The van der Waals surface area contributed by atoms with Gasteiger partial charge in [0.2, 0.25) is 0 Å². The molecule has 0 aliphatic carbocycles. The molecular weight excluding hydrogens is 198 g/mol. The Hall–Kier alpha value is -0.570. The lowest BCUT2D eigenvalue weighted by molar-refractivity contribution is -0.0342. The number of halogens is 1. The van der Waals surface area contributed by atoms with Crippen molar-refractivity contribution in [1.82, 2.24) is 5.32 Å². The zero-order valence-corrected chi connectivity index (χ0v) is 9.14. The third-order valence-corrected chi connectivity index (χ3v) is 2.81. The molecule has 0 amide bonds. The summed E-state index contributed by atoms with van der Waals surface area (Å²) in [6.07, 6.45) is 0.260. The van der Waals surface area contributed by atoms with Gasteiger partial charge < -0.3 is 4.74 Å². The van der Waals surface area contributed by atoms with E-state index in [0.29, 0.717) is 0 Å². The Morgan fingerprint density at radius 1 is 1.43 bits per heavy atom. The summed E-state index contributed by atoms with van der Waals surface area (Å²) in [5.74, 6) is 0. The molecule has 1 aromatic carbocycles. The van der Waals surface area contributed by atoms with Crippen molar-refractivity contribution < 1.29 is 4.74 Å². The highest BCUT2D eigenvalue weighted by Gasteiger charge is 2.34. The molecule has 0 radical (unpaired) electrons. The highest BCUT2D eigenvalue weighted by Crippen LogP contribution is 2.28. The average molecular weight is 212 g/mol. The van der Waals surface area contributed by atoms with Crippen molar-refractivity contribution in [3.05, 3.63) is 34.9 Å². The van der Waals surface area contributed by atoms with Crippen molar-refractivity contribution in [2.75, 3.05) is 6.54 Å². The van der Waals surface area contributed by atoms with Crippen LogP contribution in [0.2, 0.25) is 5.02 Å². The van der Waals surface area contributed by atoms with E-state index in [1.807, 2.05) is 31.2 Å². The van der Waals surface area contributed by atoms with E-state index in [1.54, 1.807) is 0 Å². The molecule has 3 heteroatoms. The minimum Gasteiger partial charge on any atom is -0.352 e. The Kier molecular flexibility index (Phi) is 2.52. The van der Waals surface area contributed by atoms with Gasteiger partial charge in [0.15, 0.2) is 0 Å². The fourth-order valence-corrected chi connectivity index (χ4v) is 1.89. The van der Waals surface area contributed by atoms with Gasteiger partial charge in [0, 0.05) is 11.6 Å². The van der Waals surface area contributed by atoms with Crippen LogP contribution in [-0.2, 0) is 10.5 Å². The van der Waals surface area contributed by atoms with Crippen LogP contribution < -0.4 is 5.32 Å². The van der Waals surface area contributed by atoms with Gasteiger partial charge in [-0.3, -0.25) is 5.32 Å². The normalized spacial score (nSPS) is 32.1. The average Bonchev–Trinajstić information content (AvgIpc) is 2.48. The summed E-state index contributed by atoms with van der Waals surface area (Å²) in [4.78, 5) is 0. The molecule has 1 saturated heterocycles. The number of hydrogen-bond acceptors (Lipinski definition) is 2. The molecule has 2 rings (SSSR count). The molecule has 2 atom stereocenters. The maximum atomic E-state index is 5.83. The predicted octanol–water partition coefficient (Wildman–Crippen LogP) is 2.52. The van der Waals surface area contributed by atoms with E-state index in [-0.39, 0.29) is 11.8 Å². The van der Waals surface area contributed by atoms with Gasteiger partial charge in [-0.1, -0.05) is 23.7 Å². The Morgan fingerprint density at radius 2 is 2.07 bits per heavy atom. The van der Waals surface area contributed by atoms with E-state index < -0.39 is 0 Å². The zero-order chi connectivity index (χ0) is 10.2. The third kappa shape index (κ3) is 1.78. The van der Waals surface area contributed by atoms with E-state index in [0.717, 1.165) is 17.1 Å². The molecule has 2 unspecified atom stereocenters. The van der Waals surface area contributed by atoms with Crippen LogP contribution in [0.25, 0.3) is 0 Å². The first kappa shape index (κ1) is 9.97. The maximum Gasteiger partial charge on any atom is 0.142 e. The summed E-state index contributed by atoms with van der Waals surface area (Å²) < 4.78 is 5.82. The van der Waals surface area contributed by atoms with Crippen molar-refractivity contribution in [2.45, 2.75) is 25.7 Å². The molecule has 2 nitrogen and oxygen atoms in total. The topological polar surface area (TPSA) is 21.3 Å². The van der Waals surface area contributed by atoms with Crippen molar-refractivity contribution in [3.63, 3.8) is 0 Å². The molecular formula is C11H14ClNO. The summed E-state index contributed by atoms with van der Waals surface area (Å²) in [7, 11) is 0. The highest BCUT2D eigenvalue weighted by molar-refractivity contribution is 6.30. The smallest absolute Gasteiger partial charge is 0.142 e. The van der Waals surface area contributed by atoms with Gasteiger partial charge in [0.25, 0.3) is 0 Å². The van der Waals surface area contributed by atoms with E-state index in [2.05, 4.69) is 12.2 Å². The van der Waals surface area contributed by atoms with Gasteiger partial charge in [-0.25, -0.2) is 0 Å².